The molecule has 1 unspecified atom stereocenters. The van der Waals surface area contributed by atoms with Crippen molar-refractivity contribution in [2.24, 2.45) is 5.92 Å². The molecule has 0 spiro atoms. The minimum Gasteiger partial charge on any atom is -0.395 e. The molecule has 0 aromatic carbocycles. The van der Waals surface area contributed by atoms with Crippen molar-refractivity contribution in [1.82, 2.24) is 5.48 Å². The van der Waals surface area contributed by atoms with E-state index in [1.54, 1.807) is 0 Å². The van der Waals surface area contributed by atoms with Gasteiger partial charge in [0.2, 0.25) is 0 Å². The minimum absolute atomic E-state index is 0.0428. The van der Waals surface area contributed by atoms with E-state index in [1.807, 2.05) is 0 Å². The van der Waals surface area contributed by atoms with E-state index >= 15 is 0 Å². The third-order valence-corrected chi connectivity index (χ3v) is 1.55. The summed E-state index contributed by atoms with van der Waals surface area (Å²) in [6, 6.07) is -0.0741. The van der Waals surface area contributed by atoms with Crippen LogP contribution in [-0.2, 0) is 0 Å². The maximum atomic E-state index is 8.51. The van der Waals surface area contributed by atoms with E-state index in [9.17, 15) is 0 Å². The first kappa shape index (κ1) is 6.01. The van der Waals surface area contributed by atoms with Crippen molar-refractivity contribution in [1.29, 1.82) is 0 Å². The van der Waals surface area contributed by atoms with Crippen molar-refractivity contribution in [3.63, 3.8) is 0 Å². The fourth-order valence-electron chi connectivity index (χ4n) is 0.794. The lowest BCUT2D eigenvalue weighted by molar-refractivity contribution is 0.0804. The third-order valence-electron chi connectivity index (χ3n) is 1.55. The number of hydrogen-bond donors (Lipinski definition) is 3. The summed E-state index contributed by atoms with van der Waals surface area (Å²) in [7, 11) is 0. The van der Waals surface area contributed by atoms with Crippen molar-refractivity contribution >= 4 is 0 Å². The third kappa shape index (κ3) is 1.18. The number of hydrogen-bond acceptors (Lipinski definition) is 3. The molecule has 0 heterocycles. The maximum Gasteiger partial charge on any atom is 0.0610 e. The molecule has 1 rings (SSSR count). The lowest BCUT2D eigenvalue weighted by Gasteiger charge is -2.07. The molecule has 1 atom stereocenters. The lowest BCUT2D eigenvalue weighted by Crippen LogP contribution is -2.31. The molecule has 1 fully saturated rings. The van der Waals surface area contributed by atoms with Gasteiger partial charge in [-0.3, -0.25) is 0 Å². The number of nitrogens with one attached hydrogen (secondary N) is 1. The topological polar surface area (TPSA) is 52.5 Å². The van der Waals surface area contributed by atoms with Crippen LogP contribution in [0.5, 0.6) is 0 Å². The Morgan fingerprint density at radius 3 is 2.38 bits per heavy atom. The van der Waals surface area contributed by atoms with E-state index in [1.165, 1.54) is 0 Å². The molecule has 3 heteroatoms. The van der Waals surface area contributed by atoms with Gasteiger partial charge in [0.25, 0.3) is 0 Å². The molecule has 48 valence electrons. The summed E-state index contributed by atoms with van der Waals surface area (Å²) in [6.07, 6.45) is 2.28. The first-order chi connectivity index (χ1) is 3.88. The quantitative estimate of drug-likeness (QED) is 0.446. The summed E-state index contributed by atoms with van der Waals surface area (Å²) < 4.78 is 0. The molecule has 0 aromatic heterocycles. The molecule has 0 radical (unpaired) electrons. The zero-order valence-electron chi connectivity index (χ0n) is 4.67. The molecule has 0 saturated heterocycles. The molecule has 1 aliphatic rings. The summed E-state index contributed by atoms with van der Waals surface area (Å²) in [5.74, 6) is 0.519. The van der Waals surface area contributed by atoms with Gasteiger partial charge in [0, 0.05) is 0 Å². The molecule has 0 bridgehead atoms. The highest BCUT2D eigenvalue weighted by Gasteiger charge is 2.29. The van der Waals surface area contributed by atoms with E-state index in [4.69, 9.17) is 10.3 Å². The van der Waals surface area contributed by atoms with E-state index < -0.39 is 0 Å². The Labute approximate surface area is 48.3 Å². The summed E-state index contributed by atoms with van der Waals surface area (Å²) in [5, 5.41) is 16.8. The second kappa shape index (κ2) is 2.44. The van der Waals surface area contributed by atoms with E-state index in [0.29, 0.717) is 5.92 Å². The monoisotopic (exact) mass is 117 g/mol. The highest BCUT2D eigenvalue weighted by molar-refractivity contribution is 4.83. The molecule has 1 saturated carbocycles. The first-order valence-electron chi connectivity index (χ1n) is 2.89. The SMILES string of the molecule is OCC(NO)C1CC1. The number of aliphatic hydroxyl groups excluding tert-OH is 1. The van der Waals surface area contributed by atoms with Gasteiger partial charge < -0.3 is 10.3 Å². The van der Waals surface area contributed by atoms with Crippen LogP contribution >= 0.6 is 0 Å². The summed E-state index contributed by atoms with van der Waals surface area (Å²) in [5.41, 5.74) is 2.06. The Morgan fingerprint density at radius 2 is 2.25 bits per heavy atom. The van der Waals surface area contributed by atoms with Crippen molar-refractivity contribution in [2.45, 2.75) is 18.9 Å². The number of aliphatic hydroxyl groups is 1. The van der Waals surface area contributed by atoms with Gasteiger partial charge in [-0.15, -0.1) is 0 Å². The molecule has 8 heavy (non-hydrogen) atoms. The van der Waals surface area contributed by atoms with E-state index in [-0.39, 0.29) is 12.6 Å². The van der Waals surface area contributed by atoms with Crippen molar-refractivity contribution in [3.8, 4) is 0 Å². The van der Waals surface area contributed by atoms with Gasteiger partial charge in [0.1, 0.15) is 0 Å². The fraction of sp³-hybridized carbons (Fsp3) is 1.00. The highest BCUT2D eigenvalue weighted by atomic mass is 16.5. The second-order valence-corrected chi connectivity index (χ2v) is 2.26. The number of hydroxylamine groups is 1. The predicted molar refractivity (Wildman–Crippen MR) is 28.5 cm³/mol. The zero-order chi connectivity index (χ0) is 5.98. The standard InChI is InChI=1S/C5H11NO2/c7-3-5(6-8)4-1-2-4/h4-8H,1-3H2. The summed E-state index contributed by atoms with van der Waals surface area (Å²) >= 11 is 0. The van der Waals surface area contributed by atoms with Gasteiger partial charge in [-0.25, -0.2) is 0 Å². The maximum absolute atomic E-state index is 8.51. The zero-order valence-corrected chi connectivity index (χ0v) is 4.67. The van der Waals surface area contributed by atoms with Crippen molar-refractivity contribution in [2.75, 3.05) is 6.61 Å². The van der Waals surface area contributed by atoms with Gasteiger partial charge >= 0.3 is 0 Å². The molecular weight excluding hydrogens is 106 g/mol. The van der Waals surface area contributed by atoms with Crippen molar-refractivity contribution < 1.29 is 10.3 Å². The first-order valence-corrected chi connectivity index (χ1v) is 2.89. The molecular formula is C5H11NO2. The average Bonchev–Trinajstić information content (AvgIpc) is 2.53. The molecule has 0 amide bonds. The molecule has 0 aromatic rings. The fourth-order valence-corrected chi connectivity index (χ4v) is 0.794. The van der Waals surface area contributed by atoms with Crippen LogP contribution in [0.4, 0.5) is 0 Å². The second-order valence-electron chi connectivity index (χ2n) is 2.26. The average molecular weight is 117 g/mol. The van der Waals surface area contributed by atoms with Crippen molar-refractivity contribution in [3.05, 3.63) is 0 Å². The van der Waals surface area contributed by atoms with Gasteiger partial charge in [0.15, 0.2) is 0 Å². The minimum atomic E-state index is -0.0741. The van der Waals surface area contributed by atoms with Crippen LogP contribution in [0, 0.1) is 5.92 Å². The Balaban J connectivity index is 2.15. The van der Waals surface area contributed by atoms with Gasteiger partial charge in [-0.05, 0) is 18.8 Å². The Kier molecular flexibility index (Phi) is 1.83. The van der Waals surface area contributed by atoms with E-state index in [2.05, 4.69) is 5.48 Å². The highest BCUT2D eigenvalue weighted by Crippen LogP contribution is 2.31. The van der Waals surface area contributed by atoms with Gasteiger partial charge in [-0.1, -0.05) is 0 Å². The molecule has 0 aliphatic heterocycles. The summed E-state index contributed by atoms with van der Waals surface area (Å²) in [6.45, 7) is 0.0428. The largest absolute Gasteiger partial charge is 0.395 e. The predicted octanol–water partition coefficient (Wildman–Crippen LogP) is -0.264. The number of rotatable bonds is 3. The van der Waals surface area contributed by atoms with Crippen LogP contribution in [0.3, 0.4) is 0 Å². The normalized spacial score (nSPS) is 23.2. The van der Waals surface area contributed by atoms with Crippen LogP contribution in [0.2, 0.25) is 0 Å². The van der Waals surface area contributed by atoms with Gasteiger partial charge in [0.05, 0.1) is 12.6 Å². The summed E-state index contributed by atoms with van der Waals surface area (Å²) in [4.78, 5) is 0. The molecule has 3 N–H and O–H groups in total. The smallest absolute Gasteiger partial charge is 0.0610 e. The van der Waals surface area contributed by atoms with Crippen LogP contribution < -0.4 is 5.48 Å². The molecule has 3 nitrogen and oxygen atoms in total. The Hall–Kier alpha value is -0.120. The van der Waals surface area contributed by atoms with Crippen LogP contribution in [0.1, 0.15) is 12.8 Å². The van der Waals surface area contributed by atoms with Crippen LogP contribution in [-0.4, -0.2) is 23.0 Å². The van der Waals surface area contributed by atoms with E-state index in [0.717, 1.165) is 12.8 Å². The van der Waals surface area contributed by atoms with Gasteiger partial charge in [-0.2, -0.15) is 5.48 Å². The molecule has 1 aliphatic carbocycles. The Morgan fingerprint density at radius 1 is 1.62 bits per heavy atom. The van der Waals surface area contributed by atoms with Crippen LogP contribution in [0.25, 0.3) is 0 Å². The Bertz CT molecular complexity index is 68.8. The lowest BCUT2D eigenvalue weighted by atomic mass is 10.2. The van der Waals surface area contributed by atoms with Crippen LogP contribution in [0.15, 0.2) is 0 Å².